The largest absolute Gasteiger partial charge is 0.387 e. The second-order valence-corrected chi connectivity index (χ2v) is 5.87. The number of likely N-dealkylation sites (tertiary alicyclic amines) is 1. The maximum atomic E-state index is 11.0. The number of nitro groups is 1. The van der Waals surface area contributed by atoms with Crippen LogP contribution in [0.15, 0.2) is 18.2 Å². The first-order valence-corrected chi connectivity index (χ1v) is 6.57. The molecular weight excluding hydrogens is 268 g/mol. The van der Waals surface area contributed by atoms with Crippen LogP contribution in [0.3, 0.4) is 0 Å². The standard InChI is InChI=1S/C13H17ClN2O3/c1-9(2)13(17)7-15(8-13)6-10-3-4-11(14)5-12(10)16(18)19/h3-5,9,17H,6-8H2,1-2H3. The maximum absolute atomic E-state index is 11.0. The molecule has 0 spiro atoms. The number of aliphatic hydroxyl groups is 1. The Morgan fingerprint density at radius 3 is 2.68 bits per heavy atom. The molecule has 0 saturated carbocycles. The molecule has 1 aromatic rings. The summed E-state index contributed by atoms with van der Waals surface area (Å²) in [6, 6.07) is 4.69. The Labute approximate surface area is 116 Å². The Bertz CT molecular complexity index is 499. The number of benzene rings is 1. The van der Waals surface area contributed by atoms with Gasteiger partial charge in [0.1, 0.15) is 0 Å². The predicted octanol–water partition coefficient (Wildman–Crippen LogP) is 2.45. The van der Waals surface area contributed by atoms with Crippen molar-refractivity contribution < 1.29 is 10.0 Å². The van der Waals surface area contributed by atoms with E-state index >= 15 is 0 Å². The Hall–Kier alpha value is -1.17. The molecule has 5 nitrogen and oxygen atoms in total. The molecule has 1 aromatic carbocycles. The second-order valence-electron chi connectivity index (χ2n) is 5.43. The Kier molecular flexibility index (Phi) is 3.80. The van der Waals surface area contributed by atoms with Gasteiger partial charge in [0.2, 0.25) is 0 Å². The van der Waals surface area contributed by atoms with E-state index in [4.69, 9.17) is 11.6 Å². The Morgan fingerprint density at radius 2 is 2.16 bits per heavy atom. The van der Waals surface area contributed by atoms with Crippen LogP contribution in [0.2, 0.25) is 5.02 Å². The van der Waals surface area contributed by atoms with Gasteiger partial charge in [-0.2, -0.15) is 0 Å². The molecule has 0 aromatic heterocycles. The van der Waals surface area contributed by atoms with Crippen molar-refractivity contribution in [2.75, 3.05) is 13.1 Å². The molecule has 104 valence electrons. The normalized spacial score (nSPS) is 18.4. The van der Waals surface area contributed by atoms with Gasteiger partial charge in [0.15, 0.2) is 0 Å². The minimum Gasteiger partial charge on any atom is -0.387 e. The van der Waals surface area contributed by atoms with Crippen molar-refractivity contribution in [2.24, 2.45) is 5.92 Å². The molecule has 1 heterocycles. The molecule has 1 N–H and O–H groups in total. The van der Waals surface area contributed by atoms with E-state index in [1.165, 1.54) is 6.07 Å². The van der Waals surface area contributed by atoms with E-state index in [2.05, 4.69) is 0 Å². The van der Waals surface area contributed by atoms with E-state index in [1.807, 2.05) is 18.7 Å². The van der Waals surface area contributed by atoms with E-state index in [9.17, 15) is 15.2 Å². The lowest BCUT2D eigenvalue weighted by Crippen LogP contribution is -2.63. The predicted molar refractivity (Wildman–Crippen MR) is 73.2 cm³/mol. The molecule has 0 aliphatic carbocycles. The van der Waals surface area contributed by atoms with Gasteiger partial charge >= 0.3 is 0 Å². The lowest BCUT2D eigenvalue weighted by Gasteiger charge is -2.49. The second kappa shape index (κ2) is 5.07. The summed E-state index contributed by atoms with van der Waals surface area (Å²) in [6.45, 7) is 5.50. The minimum atomic E-state index is -0.665. The molecular formula is C13H17ClN2O3. The fourth-order valence-corrected chi connectivity index (χ4v) is 2.45. The fourth-order valence-electron chi connectivity index (χ4n) is 2.29. The zero-order chi connectivity index (χ0) is 14.2. The van der Waals surface area contributed by atoms with Crippen LogP contribution in [0.5, 0.6) is 0 Å². The average Bonchev–Trinajstić information content (AvgIpc) is 2.28. The molecule has 2 rings (SSSR count). The highest BCUT2D eigenvalue weighted by Crippen LogP contribution is 2.32. The summed E-state index contributed by atoms with van der Waals surface area (Å²) in [5.41, 5.74) is -0.00557. The number of nitrogens with zero attached hydrogens (tertiary/aromatic N) is 2. The summed E-state index contributed by atoms with van der Waals surface area (Å²) < 4.78 is 0. The fraction of sp³-hybridized carbons (Fsp3) is 0.538. The van der Waals surface area contributed by atoms with Crippen LogP contribution < -0.4 is 0 Å². The van der Waals surface area contributed by atoms with E-state index < -0.39 is 10.5 Å². The van der Waals surface area contributed by atoms with Gasteiger partial charge in [-0.25, -0.2) is 0 Å². The first kappa shape index (κ1) is 14.2. The summed E-state index contributed by atoms with van der Waals surface area (Å²) in [4.78, 5) is 12.6. The monoisotopic (exact) mass is 284 g/mol. The van der Waals surface area contributed by atoms with E-state index in [0.717, 1.165) is 0 Å². The zero-order valence-electron chi connectivity index (χ0n) is 11.0. The molecule has 0 amide bonds. The van der Waals surface area contributed by atoms with Crippen LogP contribution in [-0.2, 0) is 6.54 Å². The smallest absolute Gasteiger partial charge is 0.275 e. The van der Waals surface area contributed by atoms with Crippen molar-refractivity contribution in [3.63, 3.8) is 0 Å². The first-order chi connectivity index (χ1) is 8.82. The third-order valence-electron chi connectivity index (χ3n) is 3.71. The average molecular weight is 285 g/mol. The zero-order valence-corrected chi connectivity index (χ0v) is 11.7. The van der Waals surface area contributed by atoms with Crippen molar-refractivity contribution in [3.8, 4) is 0 Å². The van der Waals surface area contributed by atoms with Crippen LogP contribution in [0.4, 0.5) is 5.69 Å². The van der Waals surface area contributed by atoms with Crippen molar-refractivity contribution in [1.82, 2.24) is 4.90 Å². The Balaban J connectivity index is 2.08. The van der Waals surface area contributed by atoms with Gasteiger partial charge in [-0.3, -0.25) is 15.0 Å². The molecule has 1 aliphatic rings. The highest BCUT2D eigenvalue weighted by molar-refractivity contribution is 6.30. The van der Waals surface area contributed by atoms with Gasteiger partial charge in [-0.05, 0) is 18.1 Å². The van der Waals surface area contributed by atoms with Gasteiger partial charge < -0.3 is 5.11 Å². The van der Waals surface area contributed by atoms with Gasteiger partial charge in [0, 0.05) is 36.3 Å². The van der Waals surface area contributed by atoms with Gasteiger partial charge in [-0.15, -0.1) is 0 Å². The third kappa shape index (κ3) is 2.88. The lowest BCUT2D eigenvalue weighted by atomic mass is 9.83. The van der Waals surface area contributed by atoms with Crippen molar-refractivity contribution in [1.29, 1.82) is 0 Å². The van der Waals surface area contributed by atoms with Crippen molar-refractivity contribution >= 4 is 17.3 Å². The topological polar surface area (TPSA) is 66.6 Å². The molecule has 0 unspecified atom stereocenters. The highest BCUT2D eigenvalue weighted by Gasteiger charge is 2.43. The van der Waals surface area contributed by atoms with Crippen molar-refractivity contribution in [3.05, 3.63) is 38.9 Å². The molecule has 0 atom stereocenters. The van der Waals surface area contributed by atoms with E-state index in [-0.39, 0.29) is 11.6 Å². The van der Waals surface area contributed by atoms with Crippen LogP contribution in [-0.4, -0.2) is 33.6 Å². The van der Waals surface area contributed by atoms with Crippen LogP contribution in [0.1, 0.15) is 19.4 Å². The lowest BCUT2D eigenvalue weighted by molar-refractivity contribution is -0.385. The number of hydrogen-bond donors (Lipinski definition) is 1. The number of rotatable bonds is 4. The number of hydrogen-bond acceptors (Lipinski definition) is 4. The summed E-state index contributed by atoms with van der Waals surface area (Å²) in [6.07, 6.45) is 0. The summed E-state index contributed by atoms with van der Waals surface area (Å²) >= 11 is 5.77. The maximum Gasteiger partial charge on any atom is 0.275 e. The molecule has 0 radical (unpaired) electrons. The van der Waals surface area contributed by atoms with Gasteiger partial charge in [0.05, 0.1) is 10.5 Å². The third-order valence-corrected chi connectivity index (χ3v) is 3.94. The Morgan fingerprint density at radius 1 is 1.53 bits per heavy atom. The molecule has 6 heteroatoms. The quantitative estimate of drug-likeness (QED) is 0.681. The molecule has 19 heavy (non-hydrogen) atoms. The summed E-state index contributed by atoms with van der Waals surface area (Å²) in [5, 5.41) is 21.5. The van der Waals surface area contributed by atoms with E-state index in [0.29, 0.717) is 30.2 Å². The molecule has 1 saturated heterocycles. The van der Waals surface area contributed by atoms with Crippen LogP contribution in [0.25, 0.3) is 0 Å². The summed E-state index contributed by atoms with van der Waals surface area (Å²) in [7, 11) is 0. The SMILES string of the molecule is CC(C)C1(O)CN(Cc2ccc(Cl)cc2[N+](=O)[O-])C1. The van der Waals surface area contributed by atoms with Gasteiger partial charge in [-0.1, -0.05) is 25.4 Å². The first-order valence-electron chi connectivity index (χ1n) is 6.19. The molecule has 0 bridgehead atoms. The number of β-amino-alcohol motifs (C(OH)–C–C–N with tert-alkyl or cyclic N) is 1. The molecule has 1 aliphatic heterocycles. The molecule has 1 fully saturated rings. The number of halogens is 1. The van der Waals surface area contributed by atoms with Crippen LogP contribution in [0, 0.1) is 16.0 Å². The van der Waals surface area contributed by atoms with Crippen LogP contribution >= 0.6 is 11.6 Å². The highest BCUT2D eigenvalue weighted by atomic mass is 35.5. The number of nitro benzene ring substituents is 1. The minimum absolute atomic E-state index is 0.0347. The van der Waals surface area contributed by atoms with Crippen molar-refractivity contribution in [2.45, 2.75) is 26.0 Å². The summed E-state index contributed by atoms with van der Waals surface area (Å²) in [5.74, 6) is 0.184. The van der Waals surface area contributed by atoms with Gasteiger partial charge in [0.25, 0.3) is 5.69 Å². The van der Waals surface area contributed by atoms with E-state index in [1.54, 1.807) is 12.1 Å².